The average Bonchev–Trinajstić information content (AvgIpc) is 3.36. The molecule has 3 N–H and O–H groups in total. The van der Waals surface area contributed by atoms with Gasteiger partial charge < -0.3 is 10.6 Å². The number of hydrogen-bond donors (Lipinski definition) is 2. The smallest absolute Gasteiger partial charge is 0.369 e. The molecular weight excluding hydrogens is 443 g/mol. The van der Waals surface area contributed by atoms with Crippen LogP contribution in [0.3, 0.4) is 0 Å². The Kier molecular flexibility index (Phi) is 5.46. The first-order chi connectivity index (χ1) is 13.1. The monoisotopic (exact) mass is 459 g/mol. The summed E-state index contributed by atoms with van der Waals surface area (Å²) >= 11 is 3.42. The van der Waals surface area contributed by atoms with Gasteiger partial charge in [-0.05, 0) is 36.6 Å². The van der Waals surface area contributed by atoms with Crippen molar-refractivity contribution in [2.24, 2.45) is 15.7 Å². The number of carbonyl (C=O) groups is 2. The summed E-state index contributed by atoms with van der Waals surface area (Å²) in [4.78, 5) is 32.8. The van der Waals surface area contributed by atoms with E-state index in [1.54, 1.807) is 12.1 Å². The van der Waals surface area contributed by atoms with Crippen LogP contribution in [0.15, 0.2) is 32.7 Å². The Balaban J connectivity index is 1.62. The number of benzene rings is 1. The Hall–Kier alpha value is -2.43. The highest BCUT2D eigenvalue weighted by molar-refractivity contribution is 9.10. The van der Waals surface area contributed by atoms with E-state index in [2.05, 4.69) is 31.2 Å². The maximum atomic E-state index is 12.7. The molecule has 0 radical (unpaired) electrons. The molecule has 0 bridgehead atoms. The van der Waals surface area contributed by atoms with E-state index in [0.717, 1.165) is 22.9 Å². The third kappa shape index (κ3) is 4.70. The van der Waals surface area contributed by atoms with Crippen LogP contribution in [0.2, 0.25) is 0 Å². The zero-order valence-electron chi connectivity index (χ0n) is 14.6. The van der Waals surface area contributed by atoms with Crippen molar-refractivity contribution in [3.05, 3.63) is 33.8 Å². The molecule has 1 fully saturated rings. The third-order valence-corrected chi connectivity index (χ3v) is 5.06. The molecule has 0 saturated heterocycles. The number of nitrogens with zero attached hydrogens (tertiary/aromatic N) is 3. The fourth-order valence-electron chi connectivity index (χ4n) is 3.18. The molecule has 2 aliphatic rings. The maximum absolute atomic E-state index is 12.7. The Morgan fingerprint density at radius 2 is 2.11 bits per heavy atom. The summed E-state index contributed by atoms with van der Waals surface area (Å²) in [5.74, 6) is -1.24. The fourth-order valence-corrected chi connectivity index (χ4v) is 3.54. The Morgan fingerprint density at radius 3 is 2.75 bits per heavy atom. The largest absolute Gasteiger partial charge is 0.408 e. The van der Waals surface area contributed by atoms with Gasteiger partial charge in [0.25, 0.3) is 5.91 Å². The van der Waals surface area contributed by atoms with Crippen LogP contribution in [-0.4, -0.2) is 54.8 Å². The van der Waals surface area contributed by atoms with Gasteiger partial charge in [0, 0.05) is 22.0 Å². The van der Waals surface area contributed by atoms with Gasteiger partial charge in [0.2, 0.25) is 11.9 Å². The molecule has 2 amide bonds. The predicted octanol–water partition coefficient (Wildman–Crippen LogP) is 1.96. The average molecular weight is 460 g/mol. The first-order valence-electron chi connectivity index (χ1n) is 8.37. The molecule has 1 spiro atoms. The standard InChI is InChI=1S/C17H17BrF3N5O2/c18-10-1-2-11-12(5-10)16(3-4-16)8-26(14(11)28)6-13(27)25-15(22)24-9-23-7-17(19,20)21/h1-2,5,9H,3-4,6-8H2,(H3,22,23,24,25,27). The number of hydrogen-bond acceptors (Lipinski definition) is 3. The molecule has 0 aromatic heterocycles. The van der Waals surface area contributed by atoms with Crippen LogP contribution in [-0.2, 0) is 10.2 Å². The van der Waals surface area contributed by atoms with Gasteiger partial charge >= 0.3 is 6.18 Å². The minimum Gasteiger partial charge on any atom is -0.369 e. The van der Waals surface area contributed by atoms with Crippen LogP contribution in [0.25, 0.3) is 0 Å². The molecule has 1 aliphatic heterocycles. The number of fused-ring (bicyclic) bond motifs is 2. The number of alkyl halides is 3. The lowest BCUT2D eigenvalue weighted by atomic mass is 9.86. The molecule has 1 aromatic rings. The number of nitrogens with one attached hydrogen (secondary N) is 1. The Bertz CT molecular complexity index is 865. The van der Waals surface area contributed by atoms with E-state index in [4.69, 9.17) is 5.73 Å². The summed E-state index contributed by atoms with van der Waals surface area (Å²) < 4.78 is 36.8. The first kappa shape index (κ1) is 20.3. The summed E-state index contributed by atoms with van der Waals surface area (Å²) in [6.45, 7) is -1.20. The molecule has 11 heteroatoms. The van der Waals surface area contributed by atoms with Gasteiger partial charge in [0.05, 0.1) is 0 Å². The van der Waals surface area contributed by atoms with Crippen molar-refractivity contribution in [2.45, 2.75) is 24.4 Å². The summed E-state index contributed by atoms with van der Waals surface area (Å²) in [5.41, 5.74) is 6.89. The molecule has 1 aromatic carbocycles. The second-order valence-electron chi connectivity index (χ2n) is 6.77. The lowest BCUT2D eigenvalue weighted by Gasteiger charge is -2.34. The van der Waals surface area contributed by atoms with E-state index < -0.39 is 24.6 Å². The quantitative estimate of drug-likeness (QED) is 0.531. The Morgan fingerprint density at radius 1 is 1.39 bits per heavy atom. The molecule has 1 aliphatic carbocycles. The minimum atomic E-state index is -4.44. The van der Waals surface area contributed by atoms with Gasteiger partial charge in [-0.15, -0.1) is 0 Å². The third-order valence-electron chi connectivity index (χ3n) is 4.57. The highest BCUT2D eigenvalue weighted by Crippen LogP contribution is 2.52. The van der Waals surface area contributed by atoms with E-state index in [1.807, 2.05) is 6.07 Å². The van der Waals surface area contributed by atoms with Crippen molar-refractivity contribution < 1.29 is 22.8 Å². The molecule has 1 saturated carbocycles. The zero-order valence-corrected chi connectivity index (χ0v) is 16.2. The van der Waals surface area contributed by atoms with Crippen LogP contribution < -0.4 is 11.1 Å². The van der Waals surface area contributed by atoms with Crippen molar-refractivity contribution >= 4 is 40.0 Å². The van der Waals surface area contributed by atoms with E-state index in [1.165, 1.54) is 4.90 Å². The molecule has 0 unspecified atom stereocenters. The summed E-state index contributed by atoms with van der Waals surface area (Å²) in [6, 6.07) is 5.46. The van der Waals surface area contributed by atoms with Crippen LogP contribution in [0.1, 0.15) is 28.8 Å². The Labute approximate surface area is 167 Å². The predicted molar refractivity (Wildman–Crippen MR) is 100 cm³/mol. The second-order valence-corrected chi connectivity index (χ2v) is 7.68. The lowest BCUT2D eigenvalue weighted by molar-refractivity contribution is -0.120. The van der Waals surface area contributed by atoms with Crippen molar-refractivity contribution in [1.82, 2.24) is 10.2 Å². The number of amides is 2. The van der Waals surface area contributed by atoms with Crippen molar-refractivity contribution in [3.8, 4) is 0 Å². The van der Waals surface area contributed by atoms with Crippen molar-refractivity contribution in [3.63, 3.8) is 0 Å². The maximum Gasteiger partial charge on any atom is 0.408 e. The highest BCUT2D eigenvalue weighted by Gasteiger charge is 2.51. The van der Waals surface area contributed by atoms with E-state index in [9.17, 15) is 22.8 Å². The number of nitrogens with two attached hydrogens (primary N) is 1. The molecule has 7 nitrogen and oxygen atoms in total. The van der Waals surface area contributed by atoms with Gasteiger partial charge in [-0.2, -0.15) is 13.2 Å². The second kappa shape index (κ2) is 7.53. The van der Waals surface area contributed by atoms with Gasteiger partial charge in [-0.25, -0.2) is 4.99 Å². The summed E-state index contributed by atoms with van der Waals surface area (Å²) in [6.07, 6.45) is -1.95. The van der Waals surface area contributed by atoms with Gasteiger partial charge in [-0.1, -0.05) is 15.9 Å². The SMILES string of the molecule is NC(=NC=NCC(F)(F)F)NC(=O)CN1CC2(CC2)c2cc(Br)ccc2C1=O. The van der Waals surface area contributed by atoms with Gasteiger partial charge in [0.15, 0.2) is 0 Å². The van der Waals surface area contributed by atoms with Gasteiger partial charge in [-0.3, -0.25) is 19.9 Å². The first-order valence-corrected chi connectivity index (χ1v) is 9.16. The van der Waals surface area contributed by atoms with E-state index in [0.29, 0.717) is 18.4 Å². The fraction of sp³-hybridized carbons (Fsp3) is 0.412. The molecular formula is C17H17BrF3N5O2. The van der Waals surface area contributed by atoms with Crippen molar-refractivity contribution in [1.29, 1.82) is 0 Å². The van der Waals surface area contributed by atoms with Crippen LogP contribution in [0.4, 0.5) is 13.2 Å². The minimum absolute atomic E-state index is 0.128. The number of guanidine groups is 1. The molecule has 28 heavy (non-hydrogen) atoms. The summed E-state index contributed by atoms with van der Waals surface area (Å²) in [5, 5.41) is 2.24. The lowest BCUT2D eigenvalue weighted by Crippen LogP contribution is -2.49. The van der Waals surface area contributed by atoms with Crippen molar-refractivity contribution in [2.75, 3.05) is 19.6 Å². The molecule has 1 heterocycles. The normalized spacial score (nSPS) is 18.5. The van der Waals surface area contributed by atoms with Crippen LogP contribution in [0.5, 0.6) is 0 Å². The summed E-state index contributed by atoms with van der Waals surface area (Å²) in [7, 11) is 0. The van der Waals surface area contributed by atoms with Crippen LogP contribution >= 0.6 is 15.9 Å². The number of rotatable bonds is 4. The number of halogens is 4. The molecule has 150 valence electrons. The zero-order chi connectivity index (χ0) is 20.5. The molecule has 3 rings (SSSR count). The number of carbonyl (C=O) groups excluding carboxylic acids is 2. The topological polar surface area (TPSA) is 100 Å². The van der Waals surface area contributed by atoms with E-state index in [-0.39, 0.29) is 17.9 Å². The van der Waals surface area contributed by atoms with Crippen LogP contribution in [0, 0.1) is 0 Å². The highest BCUT2D eigenvalue weighted by atomic mass is 79.9. The van der Waals surface area contributed by atoms with Gasteiger partial charge in [0.1, 0.15) is 19.4 Å². The number of aliphatic imine (C=N–C) groups is 2. The molecule has 0 atom stereocenters. The van der Waals surface area contributed by atoms with E-state index >= 15 is 0 Å².